The van der Waals surface area contributed by atoms with Crippen LogP contribution in [0.4, 0.5) is 0 Å². The maximum Gasteiger partial charge on any atom is 0.117 e. The Morgan fingerprint density at radius 2 is 1.72 bits per heavy atom. The molecule has 6 rings (SSSR count). The molecule has 1 fully saturated rings. The summed E-state index contributed by atoms with van der Waals surface area (Å²) in [7, 11) is 0. The van der Waals surface area contributed by atoms with E-state index in [1.54, 1.807) is 11.3 Å². The first-order valence-electron chi connectivity index (χ1n) is 10.6. The molecule has 0 aliphatic heterocycles. The Balaban J connectivity index is 1.56. The van der Waals surface area contributed by atoms with Gasteiger partial charge in [-0.2, -0.15) is 0 Å². The highest BCUT2D eigenvalue weighted by atomic mass is 35.5. The number of hydrogen-bond acceptors (Lipinski definition) is 3. The van der Waals surface area contributed by atoms with Crippen LogP contribution in [0.25, 0.3) is 16.7 Å². The van der Waals surface area contributed by atoms with Crippen LogP contribution in [0.5, 0.6) is 0 Å². The Morgan fingerprint density at radius 3 is 2.44 bits per heavy atom. The Labute approximate surface area is 200 Å². The molecule has 1 aliphatic carbocycles. The predicted octanol–water partition coefficient (Wildman–Crippen LogP) is 7.85. The van der Waals surface area contributed by atoms with E-state index < -0.39 is 0 Å². The third-order valence-electron chi connectivity index (χ3n) is 5.95. The van der Waals surface area contributed by atoms with Crippen LogP contribution in [0.1, 0.15) is 46.6 Å². The minimum atomic E-state index is 0.0313. The normalized spacial score (nSPS) is 14.7. The lowest BCUT2D eigenvalue weighted by molar-refractivity contribution is 0.895. The summed E-state index contributed by atoms with van der Waals surface area (Å²) in [6.45, 7) is 0. The second kappa shape index (κ2) is 8.04. The average Bonchev–Trinajstić information content (AvgIpc) is 3.37. The number of fused-ring (bicyclic) bond motifs is 1. The average molecular weight is 476 g/mol. The fraction of sp³-hybridized carbons (Fsp3) is 0.154. The van der Waals surface area contributed by atoms with Crippen LogP contribution in [-0.2, 0) is 0 Å². The fourth-order valence-electron chi connectivity index (χ4n) is 4.30. The third-order valence-corrected chi connectivity index (χ3v) is 7.28. The van der Waals surface area contributed by atoms with Gasteiger partial charge in [-0.3, -0.25) is 4.57 Å². The first kappa shape index (κ1) is 20.0. The molecule has 0 saturated heterocycles. The fourth-order valence-corrected chi connectivity index (χ4v) is 5.40. The van der Waals surface area contributed by atoms with Crippen LogP contribution in [0.2, 0.25) is 10.0 Å². The number of imidazole rings is 1. The molecule has 1 saturated carbocycles. The molecule has 32 heavy (non-hydrogen) atoms. The van der Waals surface area contributed by atoms with E-state index in [9.17, 15) is 0 Å². The molecule has 3 aromatic carbocycles. The molecule has 3 nitrogen and oxygen atoms in total. The van der Waals surface area contributed by atoms with Crippen molar-refractivity contribution >= 4 is 45.6 Å². The van der Waals surface area contributed by atoms with Gasteiger partial charge in [0.25, 0.3) is 0 Å². The third kappa shape index (κ3) is 3.62. The molecule has 2 aromatic heterocycles. The molecule has 0 bridgehead atoms. The van der Waals surface area contributed by atoms with Crippen LogP contribution < -0.4 is 0 Å². The van der Waals surface area contributed by atoms with Gasteiger partial charge in [-0.1, -0.05) is 47.5 Å². The maximum atomic E-state index is 6.35. The van der Waals surface area contributed by atoms with E-state index in [0.717, 1.165) is 37.6 Å². The van der Waals surface area contributed by atoms with E-state index in [2.05, 4.69) is 45.9 Å². The van der Waals surface area contributed by atoms with Gasteiger partial charge >= 0.3 is 0 Å². The minimum absolute atomic E-state index is 0.0313. The van der Waals surface area contributed by atoms with Crippen molar-refractivity contribution in [3.63, 3.8) is 0 Å². The van der Waals surface area contributed by atoms with Crippen molar-refractivity contribution in [3.8, 4) is 5.69 Å². The summed E-state index contributed by atoms with van der Waals surface area (Å²) in [5, 5.41) is 4.54. The van der Waals surface area contributed by atoms with Crippen LogP contribution in [-0.4, -0.2) is 14.5 Å². The number of halogens is 2. The highest BCUT2D eigenvalue weighted by molar-refractivity contribution is 7.09. The first-order chi connectivity index (χ1) is 15.7. The van der Waals surface area contributed by atoms with Gasteiger partial charge in [-0.25, -0.2) is 9.97 Å². The van der Waals surface area contributed by atoms with E-state index in [1.807, 2.05) is 41.9 Å². The zero-order chi connectivity index (χ0) is 21.7. The molecule has 2 heterocycles. The van der Waals surface area contributed by atoms with Crippen molar-refractivity contribution in [2.45, 2.75) is 24.7 Å². The highest BCUT2D eigenvalue weighted by Gasteiger charge is 2.30. The molecular formula is C26H19Cl2N3S. The second-order valence-electron chi connectivity index (χ2n) is 8.16. The van der Waals surface area contributed by atoms with E-state index in [-0.39, 0.29) is 5.92 Å². The Bertz CT molecular complexity index is 1400. The van der Waals surface area contributed by atoms with Gasteiger partial charge in [0, 0.05) is 33.2 Å². The number of aromatic nitrogens is 3. The van der Waals surface area contributed by atoms with Gasteiger partial charge in [-0.15, -0.1) is 11.3 Å². The molecule has 1 unspecified atom stereocenters. The molecular weight excluding hydrogens is 457 g/mol. The summed E-state index contributed by atoms with van der Waals surface area (Å²) in [4.78, 5) is 9.67. The smallest absolute Gasteiger partial charge is 0.117 e. The van der Waals surface area contributed by atoms with Crippen LogP contribution in [0, 0.1) is 0 Å². The first-order valence-corrected chi connectivity index (χ1v) is 12.2. The van der Waals surface area contributed by atoms with Crippen LogP contribution in [0.15, 0.2) is 78.3 Å². The maximum absolute atomic E-state index is 6.35. The van der Waals surface area contributed by atoms with Gasteiger partial charge in [-0.05, 0) is 66.4 Å². The monoisotopic (exact) mass is 475 g/mol. The van der Waals surface area contributed by atoms with Crippen molar-refractivity contribution in [1.82, 2.24) is 14.5 Å². The summed E-state index contributed by atoms with van der Waals surface area (Å²) in [6.07, 6.45) is 4.23. The summed E-state index contributed by atoms with van der Waals surface area (Å²) in [5.41, 5.74) is 5.50. The molecule has 6 heteroatoms. The SMILES string of the molecule is Clc1ccc(C(c2ccc3nc(C4CC4)n(-c4cccc(Cl)c4)c3c2)c2nccs2)cc1. The molecule has 0 amide bonds. The largest absolute Gasteiger partial charge is 0.296 e. The number of thiazole rings is 1. The van der Waals surface area contributed by atoms with Gasteiger partial charge < -0.3 is 0 Å². The molecule has 5 aromatic rings. The summed E-state index contributed by atoms with van der Waals surface area (Å²) >= 11 is 14.2. The van der Waals surface area contributed by atoms with Crippen molar-refractivity contribution in [2.24, 2.45) is 0 Å². The van der Waals surface area contributed by atoms with Crippen molar-refractivity contribution in [2.75, 3.05) is 0 Å². The Kier molecular flexibility index (Phi) is 5.02. The van der Waals surface area contributed by atoms with Gasteiger partial charge in [0.15, 0.2) is 0 Å². The summed E-state index contributed by atoms with van der Waals surface area (Å²) in [5.74, 6) is 1.66. The van der Waals surface area contributed by atoms with E-state index in [0.29, 0.717) is 5.92 Å². The van der Waals surface area contributed by atoms with Crippen LogP contribution >= 0.6 is 34.5 Å². The lowest BCUT2D eigenvalue weighted by atomic mass is 9.91. The standard InChI is InChI=1S/C26H19Cl2N3S/c27-19-9-6-16(7-10-19)24(26-29-12-13-32-26)18-8-11-22-23(14-18)31(25(30-22)17-4-5-17)21-3-1-2-20(28)15-21/h1-3,6-15,17,24H,4-5H2. The predicted molar refractivity (Wildman–Crippen MR) is 133 cm³/mol. The molecule has 0 spiro atoms. The van der Waals surface area contributed by atoms with E-state index >= 15 is 0 Å². The second-order valence-corrected chi connectivity index (χ2v) is 9.96. The zero-order valence-electron chi connectivity index (χ0n) is 17.1. The highest BCUT2D eigenvalue weighted by Crippen LogP contribution is 2.43. The van der Waals surface area contributed by atoms with E-state index in [1.165, 1.54) is 24.0 Å². The number of benzene rings is 3. The number of rotatable bonds is 5. The summed E-state index contributed by atoms with van der Waals surface area (Å²) < 4.78 is 2.28. The lowest BCUT2D eigenvalue weighted by Gasteiger charge is -2.17. The molecule has 158 valence electrons. The topological polar surface area (TPSA) is 30.7 Å². The number of nitrogens with zero attached hydrogens (tertiary/aromatic N) is 3. The number of hydrogen-bond donors (Lipinski definition) is 0. The molecule has 0 N–H and O–H groups in total. The molecule has 1 atom stereocenters. The van der Waals surface area contributed by atoms with Crippen LogP contribution in [0.3, 0.4) is 0 Å². The minimum Gasteiger partial charge on any atom is -0.296 e. The van der Waals surface area contributed by atoms with E-state index in [4.69, 9.17) is 28.2 Å². The van der Waals surface area contributed by atoms with Gasteiger partial charge in [0.05, 0.1) is 17.0 Å². The van der Waals surface area contributed by atoms with Gasteiger partial charge in [0.2, 0.25) is 0 Å². The Hall–Kier alpha value is -2.66. The zero-order valence-corrected chi connectivity index (χ0v) is 19.4. The van der Waals surface area contributed by atoms with Crippen molar-refractivity contribution in [1.29, 1.82) is 0 Å². The van der Waals surface area contributed by atoms with Crippen molar-refractivity contribution < 1.29 is 0 Å². The van der Waals surface area contributed by atoms with Gasteiger partial charge in [0.1, 0.15) is 10.8 Å². The lowest BCUT2D eigenvalue weighted by Crippen LogP contribution is -2.04. The molecule has 1 aliphatic rings. The summed E-state index contributed by atoms with van der Waals surface area (Å²) in [6, 6.07) is 22.6. The Morgan fingerprint density at radius 1 is 0.906 bits per heavy atom. The van der Waals surface area contributed by atoms with Crippen molar-refractivity contribution in [3.05, 3.63) is 110 Å². The quantitative estimate of drug-likeness (QED) is 0.259. The molecule has 0 radical (unpaired) electrons.